The van der Waals surface area contributed by atoms with Gasteiger partial charge >= 0.3 is 0 Å². The number of aryl methyl sites for hydroxylation is 1. The second kappa shape index (κ2) is 8.10. The van der Waals surface area contributed by atoms with E-state index in [1.807, 2.05) is 17.0 Å². The average Bonchev–Trinajstić information content (AvgIpc) is 2.63. The highest BCUT2D eigenvalue weighted by Gasteiger charge is 2.23. The maximum atomic E-state index is 13.0. The highest BCUT2D eigenvalue weighted by atomic mass is 19.1. The average molecular weight is 342 g/mol. The van der Waals surface area contributed by atoms with Crippen molar-refractivity contribution in [2.45, 2.75) is 32.2 Å². The van der Waals surface area contributed by atoms with E-state index >= 15 is 0 Å². The number of amides is 1. The summed E-state index contributed by atoms with van der Waals surface area (Å²) in [5, 5.41) is 0. The van der Waals surface area contributed by atoms with Crippen molar-refractivity contribution in [3.05, 3.63) is 70.4 Å². The standard InChI is InChI=1S/C20H23FN2O2/c21-18-10-8-16(9-11-18)6-7-17-4-3-13-22(14-17)20(25)15-23-12-2-1-5-19(23)24/h1-2,5,8-12,17H,3-4,6-7,13-15H2. The van der Waals surface area contributed by atoms with Crippen LogP contribution in [0.5, 0.6) is 0 Å². The lowest BCUT2D eigenvalue weighted by Gasteiger charge is -2.33. The van der Waals surface area contributed by atoms with Crippen LogP contribution in [0.2, 0.25) is 0 Å². The Balaban J connectivity index is 1.53. The third-order valence-electron chi connectivity index (χ3n) is 4.83. The van der Waals surface area contributed by atoms with E-state index in [1.165, 1.54) is 22.8 Å². The molecule has 3 rings (SSSR count). The lowest BCUT2D eigenvalue weighted by molar-refractivity contribution is -0.133. The summed E-state index contributed by atoms with van der Waals surface area (Å²) in [6.07, 6.45) is 5.63. The SMILES string of the molecule is O=C(Cn1ccccc1=O)N1CCCC(CCc2ccc(F)cc2)C1. The van der Waals surface area contributed by atoms with Crippen LogP contribution in [0.15, 0.2) is 53.5 Å². The summed E-state index contributed by atoms with van der Waals surface area (Å²) in [5.74, 6) is 0.240. The highest BCUT2D eigenvalue weighted by molar-refractivity contribution is 5.76. The molecular weight excluding hydrogens is 319 g/mol. The van der Waals surface area contributed by atoms with Crippen molar-refractivity contribution in [1.29, 1.82) is 0 Å². The second-order valence-electron chi connectivity index (χ2n) is 6.68. The summed E-state index contributed by atoms with van der Waals surface area (Å²) >= 11 is 0. The van der Waals surface area contributed by atoms with Crippen LogP contribution in [0.1, 0.15) is 24.8 Å². The summed E-state index contributed by atoms with van der Waals surface area (Å²) in [4.78, 5) is 26.1. The van der Waals surface area contributed by atoms with E-state index in [-0.39, 0.29) is 23.8 Å². The highest BCUT2D eigenvalue weighted by Crippen LogP contribution is 2.22. The van der Waals surface area contributed by atoms with Gasteiger partial charge in [-0.25, -0.2) is 4.39 Å². The molecule has 1 saturated heterocycles. The van der Waals surface area contributed by atoms with Gasteiger partial charge in [0.2, 0.25) is 5.91 Å². The first-order valence-corrected chi connectivity index (χ1v) is 8.79. The molecule has 2 heterocycles. The van der Waals surface area contributed by atoms with E-state index in [0.29, 0.717) is 5.92 Å². The van der Waals surface area contributed by atoms with Crippen LogP contribution in [0.25, 0.3) is 0 Å². The molecule has 132 valence electrons. The molecule has 0 bridgehead atoms. The van der Waals surface area contributed by atoms with Crippen molar-refractivity contribution in [2.24, 2.45) is 5.92 Å². The van der Waals surface area contributed by atoms with Gasteiger partial charge in [-0.05, 0) is 55.4 Å². The first-order valence-electron chi connectivity index (χ1n) is 8.79. The molecule has 4 nitrogen and oxygen atoms in total. The summed E-state index contributed by atoms with van der Waals surface area (Å²) in [5.41, 5.74) is 0.974. The number of piperidine rings is 1. The number of carbonyl (C=O) groups is 1. The lowest BCUT2D eigenvalue weighted by Crippen LogP contribution is -2.42. The van der Waals surface area contributed by atoms with Crippen LogP contribution < -0.4 is 5.56 Å². The van der Waals surface area contributed by atoms with Crippen LogP contribution in [-0.4, -0.2) is 28.5 Å². The van der Waals surface area contributed by atoms with Crippen LogP contribution in [0.4, 0.5) is 4.39 Å². The maximum Gasteiger partial charge on any atom is 0.250 e. The zero-order chi connectivity index (χ0) is 17.6. The van der Waals surface area contributed by atoms with E-state index in [4.69, 9.17) is 0 Å². The molecule has 1 amide bonds. The Morgan fingerprint density at radius 3 is 2.72 bits per heavy atom. The third kappa shape index (κ3) is 4.78. The minimum atomic E-state index is -0.214. The number of carbonyl (C=O) groups excluding carboxylic acids is 1. The monoisotopic (exact) mass is 342 g/mol. The Bertz CT molecular complexity index is 770. The minimum absolute atomic E-state index is 0.000202. The number of nitrogens with zero attached hydrogens (tertiary/aromatic N) is 2. The maximum absolute atomic E-state index is 13.0. The first-order chi connectivity index (χ1) is 12.1. The number of hydrogen-bond donors (Lipinski definition) is 0. The van der Waals surface area contributed by atoms with Crippen molar-refractivity contribution < 1.29 is 9.18 Å². The van der Waals surface area contributed by atoms with Crippen molar-refractivity contribution in [2.75, 3.05) is 13.1 Å². The van der Waals surface area contributed by atoms with Crippen molar-refractivity contribution in [3.63, 3.8) is 0 Å². The Morgan fingerprint density at radius 2 is 1.96 bits per heavy atom. The Morgan fingerprint density at radius 1 is 1.16 bits per heavy atom. The van der Waals surface area contributed by atoms with Gasteiger partial charge in [0.15, 0.2) is 0 Å². The molecule has 1 atom stereocenters. The van der Waals surface area contributed by atoms with E-state index in [1.54, 1.807) is 18.3 Å². The molecule has 1 aliphatic heterocycles. The summed E-state index contributed by atoms with van der Waals surface area (Å²) in [6, 6.07) is 11.5. The Labute approximate surface area is 146 Å². The third-order valence-corrected chi connectivity index (χ3v) is 4.83. The van der Waals surface area contributed by atoms with Crippen LogP contribution >= 0.6 is 0 Å². The number of hydrogen-bond acceptors (Lipinski definition) is 2. The molecule has 1 fully saturated rings. The van der Waals surface area contributed by atoms with Gasteiger partial charge in [-0.1, -0.05) is 18.2 Å². The number of pyridine rings is 1. The fourth-order valence-electron chi connectivity index (χ4n) is 3.39. The van der Waals surface area contributed by atoms with Gasteiger partial charge < -0.3 is 9.47 Å². The van der Waals surface area contributed by atoms with Crippen molar-refractivity contribution in [1.82, 2.24) is 9.47 Å². The van der Waals surface area contributed by atoms with E-state index < -0.39 is 0 Å². The molecule has 5 heteroatoms. The Hall–Kier alpha value is -2.43. The molecular formula is C20H23FN2O2. The van der Waals surface area contributed by atoms with E-state index in [0.717, 1.165) is 44.3 Å². The lowest BCUT2D eigenvalue weighted by atomic mass is 9.91. The molecule has 2 aromatic rings. The summed E-state index contributed by atoms with van der Waals surface area (Å²) in [7, 11) is 0. The van der Waals surface area contributed by atoms with Gasteiger partial charge in [0.1, 0.15) is 12.4 Å². The second-order valence-corrected chi connectivity index (χ2v) is 6.68. The van der Waals surface area contributed by atoms with Crippen molar-refractivity contribution in [3.8, 4) is 0 Å². The fourth-order valence-corrected chi connectivity index (χ4v) is 3.39. The molecule has 0 aliphatic carbocycles. The molecule has 1 aromatic heterocycles. The number of benzene rings is 1. The van der Waals surface area contributed by atoms with Crippen LogP contribution in [0.3, 0.4) is 0 Å². The molecule has 1 aliphatic rings. The van der Waals surface area contributed by atoms with Gasteiger partial charge in [-0.2, -0.15) is 0 Å². The van der Waals surface area contributed by atoms with Gasteiger partial charge in [0.25, 0.3) is 5.56 Å². The zero-order valence-corrected chi connectivity index (χ0v) is 14.2. The van der Waals surface area contributed by atoms with Crippen LogP contribution in [0, 0.1) is 11.7 Å². The van der Waals surface area contributed by atoms with Gasteiger partial charge in [-0.15, -0.1) is 0 Å². The van der Waals surface area contributed by atoms with E-state index in [2.05, 4.69) is 0 Å². The van der Waals surface area contributed by atoms with Crippen molar-refractivity contribution >= 4 is 5.91 Å². The van der Waals surface area contributed by atoms with E-state index in [9.17, 15) is 14.0 Å². The molecule has 0 N–H and O–H groups in total. The predicted molar refractivity (Wildman–Crippen MR) is 94.7 cm³/mol. The molecule has 0 saturated carbocycles. The normalized spacial score (nSPS) is 17.5. The molecule has 1 aromatic carbocycles. The van der Waals surface area contributed by atoms with Gasteiger partial charge in [0, 0.05) is 25.4 Å². The van der Waals surface area contributed by atoms with Crippen LogP contribution in [-0.2, 0) is 17.8 Å². The minimum Gasteiger partial charge on any atom is -0.341 e. The molecule has 0 radical (unpaired) electrons. The Kier molecular flexibility index (Phi) is 5.64. The topological polar surface area (TPSA) is 42.3 Å². The molecule has 0 spiro atoms. The smallest absolute Gasteiger partial charge is 0.250 e. The van der Waals surface area contributed by atoms with Gasteiger partial charge in [-0.3, -0.25) is 9.59 Å². The summed E-state index contributed by atoms with van der Waals surface area (Å²) in [6.45, 7) is 1.60. The largest absolute Gasteiger partial charge is 0.341 e. The fraction of sp³-hybridized carbons (Fsp3) is 0.400. The number of rotatable bonds is 5. The molecule has 1 unspecified atom stereocenters. The zero-order valence-electron chi connectivity index (χ0n) is 14.2. The first kappa shape index (κ1) is 17.4. The molecule has 25 heavy (non-hydrogen) atoms. The quantitative estimate of drug-likeness (QED) is 0.838. The van der Waals surface area contributed by atoms with Gasteiger partial charge in [0.05, 0.1) is 0 Å². The number of halogens is 1. The number of likely N-dealkylation sites (tertiary alicyclic amines) is 1. The predicted octanol–water partition coefficient (Wildman–Crippen LogP) is 2.86. The summed E-state index contributed by atoms with van der Waals surface area (Å²) < 4.78 is 14.4. The number of aromatic nitrogens is 1.